The van der Waals surface area contributed by atoms with Crippen molar-refractivity contribution in [2.24, 2.45) is 14.1 Å². The summed E-state index contributed by atoms with van der Waals surface area (Å²) in [7, 11) is 3.66. The van der Waals surface area contributed by atoms with Crippen LogP contribution < -0.4 is 5.69 Å². The highest BCUT2D eigenvalue weighted by atomic mass is 32.1. The number of thiophene rings is 1. The predicted molar refractivity (Wildman–Crippen MR) is 155 cm³/mol. The summed E-state index contributed by atoms with van der Waals surface area (Å²) in [5.74, 6) is -5.02. The number of aliphatic carboxylic acids is 3. The molecule has 0 aliphatic rings. The van der Waals surface area contributed by atoms with E-state index >= 15 is 0 Å². The number of aliphatic hydroxyl groups is 1. The average molecular weight is 602 g/mol. The second-order valence-corrected chi connectivity index (χ2v) is 11.5. The van der Waals surface area contributed by atoms with Gasteiger partial charge in [-0.15, -0.1) is 11.3 Å². The Morgan fingerprint density at radius 3 is 2.19 bits per heavy atom. The van der Waals surface area contributed by atoms with Gasteiger partial charge in [0.1, 0.15) is 0 Å². The van der Waals surface area contributed by atoms with Crippen molar-refractivity contribution in [3.8, 4) is 0 Å². The molecule has 42 heavy (non-hydrogen) atoms. The maximum absolute atomic E-state index is 12.2. The molecule has 0 saturated heterocycles. The highest BCUT2D eigenvalue weighted by molar-refractivity contribution is 7.11. The molecule has 0 bridgehead atoms. The molecule has 0 unspecified atom stereocenters. The molecule has 14 heteroatoms. The van der Waals surface area contributed by atoms with Crippen LogP contribution in [0.3, 0.4) is 0 Å². The molecule has 0 spiro atoms. The summed E-state index contributed by atoms with van der Waals surface area (Å²) in [6.45, 7) is 5.92. The zero-order valence-corrected chi connectivity index (χ0v) is 24.5. The van der Waals surface area contributed by atoms with Crippen LogP contribution in [0.4, 0.5) is 0 Å². The van der Waals surface area contributed by atoms with E-state index in [1.807, 2.05) is 44.2 Å². The number of hydrogen-bond donors (Lipinski definition) is 4. The Bertz CT molecular complexity index is 1570. The van der Waals surface area contributed by atoms with Gasteiger partial charge in [0, 0.05) is 62.4 Å². The van der Waals surface area contributed by atoms with Gasteiger partial charge in [-0.1, -0.05) is 6.07 Å². The van der Waals surface area contributed by atoms with Crippen LogP contribution in [-0.2, 0) is 48.1 Å². The van der Waals surface area contributed by atoms with Gasteiger partial charge in [-0.3, -0.25) is 23.6 Å². The van der Waals surface area contributed by atoms with Crippen LogP contribution in [0.25, 0.3) is 11.0 Å². The van der Waals surface area contributed by atoms with Gasteiger partial charge in [0.2, 0.25) is 0 Å². The van der Waals surface area contributed by atoms with Crippen molar-refractivity contribution >= 4 is 40.3 Å². The van der Waals surface area contributed by atoms with E-state index in [-0.39, 0.29) is 5.69 Å². The second-order valence-electron chi connectivity index (χ2n) is 10.1. The van der Waals surface area contributed by atoms with E-state index in [0.717, 1.165) is 43.6 Å². The lowest BCUT2D eigenvalue weighted by Gasteiger charge is -2.22. The smallest absolute Gasteiger partial charge is 0.336 e. The van der Waals surface area contributed by atoms with Crippen molar-refractivity contribution in [3.05, 3.63) is 74.9 Å². The Kier molecular flexibility index (Phi) is 10.8. The Balaban J connectivity index is 0.000000316. The molecule has 0 radical (unpaired) electrons. The molecule has 13 nitrogen and oxygen atoms in total. The van der Waals surface area contributed by atoms with E-state index in [9.17, 15) is 19.2 Å². The normalized spacial score (nSPS) is 11.5. The second kappa shape index (κ2) is 14.1. The van der Waals surface area contributed by atoms with Gasteiger partial charge in [-0.05, 0) is 43.2 Å². The van der Waals surface area contributed by atoms with Gasteiger partial charge in [-0.2, -0.15) is 0 Å². The number of rotatable bonds is 13. The van der Waals surface area contributed by atoms with Crippen molar-refractivity contribution in [2.45, 2.75) is 51.4 Å². The molecular weight excluding hydrogens is 566 g/mol. The summed E-state index contributed by atoms with van der Waals surface area (Å²) in [4.78, 5) is 52.1. The first-order chi connectivity index (χ1) is 19.8. The van der Waals surface area contributed by atoms with E-state index in [4.69, 9.17) is 20.4 Å². The SMILES string of the molecule is Cc1ccc(CN(CCCn2ccnc2)Cc2ccc3c(c2)n(C)c(=O)n3C)s1.O=C(O)CC(O)(CC(=O)O)C(=O)O. The molecule has 0 aliphatic carbocycles. The lowest BCUT2D eigenvalue weighted by Crippen LogP contribution is -2.42. The van der Waals surface area contributed by atoms with Crippen LogP contribution in [0.15, 0.2) is 53.8 Å². The molecule has 1 aromatic carbocycles. The molecule has 0 atom stereocenters. The monoisotopic (exact) mass is 601 g/mol. The molecular formula is C28H35N5O8S. The van der Waals surface area contributed by atoms with E-state index in [1.165, 1.54) is 15.3 Å². The van der Waals surface area contributed by atoms with E-state index < -0.39 is 36.4 Å². The van der Waals surface area contributed by atoms with Gasteiger partial charge in [0.15, 0.2) is 5.60 Å². The van der Waals surface area contributed by atoms with Crippen LogP contribution in [-0.4, -0.2) is 74.1 Å². The third-order valence-corrected chi connectivity index (χ3v) is 7.64. The number of hydrogen-bond acceptors (Lipinski definition) is 8. The van der Waals surface area contributed by atoms with Gasteiger partial charge in [-0.25, -0.2) is 14.6 Å². The molecule has 3 aromatic heterocycles. The largest absolute Gasteiger partial charge is 0.481 e. The first-order valence-corrected chi connectivity index (χ1v) is 13.9. The fraction of sp³-hybridized carbons (Fsp3) is 0.393. The standard InChI is InChI=1S/C22H27N5OS.C6H8O7/c1-17-5-7-19(29-17)15-27(11-4-10-26-12-9-23-16-26)14-18-6-8-20-21(13-18)25(3)22(28)24(20)2;7-3(8)1-6(13,5(11)12)2-4(9)10/h5-9,12-13,16H,4,10-11,14-15H2,1-3H3;13H,1-2H2,(H,7,8)(H,9,10)(H,11,12). The molecule has 226 valence electrons. The zero-order valence-electron chi connectivity index (χ0n) is 23.6. The molecule has 4 N–H and O–H groups in total. The van der Waals surface area contributed by atoms with Crippen molar-refractivity contribution in [1.29, 1.82) is 0 Å². The topological polar surface area (TPSA) is 180 Å². The molecule has 4 rings (SSSR count). The third-order valence-electron chi connectivity index (χ3n) is 6.65. The number of fused-ring (bicyclic) bond motifs is 1. The molecule has 0 fully saturated rings. The van der Waals surface area contributed by atoms with Crippen molar-refractivity contribution in [1.82, 2.24) is 23.6 Å². The molecule has 3 heterocycles. The summed E-state index contributed by atoms with van der Waals surface area (Å²) in [5, 5.41) is 33.8. The third kappa shape index (κ3) is 8.61. The number of carboxylic acid groups (broad SMARTS) is 3. The summed E-state index contributed by atoms with van der Waals surface area (Å²) < 4.78 is 5.56. The van der Waals surface area contributed by atoms with Crippen LogP contribution in [0.2, 0.25) is 0 Å². The van der Waals surface area contributed by atoms with Crippen molar-refractivity contribution in [3.63, 3.8) is 0 Å². The van der Waals surface area contributed by atoms with Crippen LogP contribution in [0.1, 0.15) is 34.6 Å². The Morgan fingerprint density at radius 1 is 0.976 bits per heavy atom. The Labute approximate surface area is 245 Å². The molecule has 4 aromatic rings. The summed E-state index contributed by atoms with van der Waals surface area (Å²) in [6.07, 6.45) is 4.48. The number of imidazole rings is 2. The van der Waals surface area contributed by atoms with Gasteiger partial charge in [0.05, 0.1) is 30.2 Å². The van der Waals surface area contributed by atoms with Crippen LogP contribution in [0.5, 0.6) is 0 Å². The van der Waals surface area contributed by atoms with Gasteiger partial charge >= 0.3 is 23.6 Å². The summed E-state index contributed by atoms with van der Waals surface area (Å²) >= 11 is 1.86. The maximum atomic E-state index is 12.2. The number of nitrogens with zero attached hydrogens (tertiary/aromatic N) is 5. The minimum atomic E-state index is -2.74. The number of benzene rings is 1. The first kappa shape index (κ1) is 32.2. The maximum Gasteiger partial charge on any atom is 0.336 e. The quantitative estimate of drug-likeness (QED) is 0.178. The van der Waals surface area contributed by atoms with Crippen LogP contribution in [0, 0.1) is 6.92 Å². The van der Waals surface area contributed by atoms with Gasteiger partial charge < -0.3 is 25.0 Å². The average Bonchev–Trinajstić information content (AvgIpc) is 3.62. The summed E-state index contributed by atoms with van der Waals surface area (Å²) in [5.41, 5.74) is 0.470. The van der Waals surface area contributed by atoms with E-state index in [1.54, 1.807) is 9.13 Å². The van der Waals surface area contributed by atoms with E-state index in [2.05, 4.69) is 51.7 Å². The number of carbonyl (C=O) groups is 3. The Morgan fingerprint density at radius 2 is 1.64 bits per heavy atom. The fourth-order valence-corrected chi connectivity index (χ4v) is 5.46. The lowest BCUT2D eigenvalue weighted by molar-refractivity contribution is -0.170. The van der Waals surface area contributed by atoms with Crippen molar-refractivity contribution < 1.29 is 34.8 Å². The fourth-order valence-electron chi connectivity index (χ4n) is 4.52. The van der Waals surface area contributed by atoms with Crippen molar-refractivity contribution in [2.75, 3.05) is 6.54 Å². The minimum Gasteiger partial charge on any atom is -0.481 e. The zero-order chi connectivity index (χ0) is 31.0. The molecule has 0 aliphatic heterocycles. The molecule has 0 amide bonds. The highest BCUT2D eigenvalue weighted by Gasteiger charge is 2.40. The Hall–Kier alpha value is -4.27. The van der Waals surface area contributed by atoms with Crippen LogP contribution >= 0.6 is 11.3 Å². The predicted octanol–water partition coefficient (Wildman–Crippen LogP) is 2.29. The number of carboxylic acids is 3. The number of aryl methyl sites for hydroxylation is 4. The lowest BCUT2D eigenvalue weighted by atomic mass is 9.96. The minimum absolute atomic E-state index is 0.0170. The van der Waals surface area contributed by atoms with E-state index in [0.29, 0.717) is 0 Å². The molecule has 0 saturated carbocycles. The first-order valence-electron chi connectivity index (χ1n) is 13.1. The number of aromatic nitrogens is 4. The van der Waals surface area contributed by atoms with Gasteiger partial charge in [0.25, 0.3) is 0 Å². The summed E-state index contributed by atoms with van der Waals surface area (Å²) in [6, 6.07) is 10.8. The highest BCUT2D eigenvalue weighted by Crippen LogP contribution is 2.21.